The number of likely N-dealkylation sites (N-methyl/N-ethyl adjacent to an activating group) is 1. The van der Waals surface area contributed by atoms with Crippen LogP contribution in [0.4, 0.5) is 4.39 Å². The van der Waals surface area contributed by atoms with Crippen LogP contribution >= 0.6 is 11.8 Å². The molecule has 2 heterocycles. The molecule has 0 saturated carbocycles. The molecule has 2 unspecified atom stereocenters. The summed E-state index contributed by atoms with van der Waals surface area (Å²) in [6, 6.07) is 13.5. The molecule has 8 nitrogen and oxygen atoms in total. The first-order valence-corrected chi connectivity index (χ1v) is 11.0. The first kappa shape index (κ1) is 21.9. The molecule has 0 bridgehead atoms. The molecule has 168 valence electrons. The highest BCUT2D eigenvalue weighted by atomic mass is 32.2. The molecule has 1 aliphatic rings. The van der Waals surface area contributed by atoms with Crippen molar-refractivity contribution in [3.05, 3.63) is 60.2 Å². The van der Waals surface area contributed by atoms with Crippen LogP contribution in [0.15, 0.2) is 58.2 Å². The molecule has 0 spiro atoms. The normalized spacial score (nSPS) is 15.8. The van der Waals surface area contributed by atoms with Crippen LogP contribution in [0.25, 0.3) is 0 Å². The van der Waals surface area contributed by atoms with Crippen LogP contribution in [0.2, 0.25) is 0 Å². The van der Waals surface area contributed by atoms with Crippen molar-refractivity contribution in [3.8, 4) is 17.2 Å². The van der Waals surface area contributed by atoms with Crippen molar-refractivity contribution in [2.45, 2.75) is 24.4 Å². The zero-order chi connectivity index (χ0) is 22.5. The van der Waals surface area contributed by atoms with Gasteiger partial charge in [-0.25, -0.2) is 4.39 Å². The third-order valence-electron chi connectivity index (χ3n) is 4.70. The van der Waals surface area contributed by atoms with Crippen LogP contribution in [0.5, 0.6) is 17.2 Å². The largest absolute Gasteiger partial charge is 0.486 e. The second-order valence-corrected chi connectivity index (χ2v) is 8.08. The fourth-order valence-corrected chi connectivity index (χ4v) is 3.73. The number of halogens is 1. The summed E-state index contributed by atoms with van der Waals surface area (Å²) in [5.41, 5.74) is 0. The lowest BCUT2D eigenvalue weighted by molar-refractivity contribution is -0.128. The number of para-hydroxylation sites is 3. The monoisotopic (exact) mass is 459 g/mol. The van der Waals surface area contributed by atoms with E-state index in [-0.39, 0.29) is 34.6 Å². The van der Waals surface area contributed by atoms with E-state index in [1.807, 2.05) is 24.3 Å². The summed E-state index contributed by atoms with van der Waals surface area (Å²) in [5.74, 6) is 1.19. The van der Waals surface area contributed by atoms with Crippen LogP contribution in [-0.2, 0) is 4.79 Å². The third kappa shape index (κ3) is 5.31. The maximum atomic E-state index is 13.7. The zero-order valence-corrected chi connectivity index (χ0v) is 18.4. The van der Waals surface area contributed by atoms with Crippen LogP contribution in [-0.4, -0.2) is 53.1 Å². The number of rotatable bonds is 8. The minimum atomic E-state index is -0.640. The van der Waals surface area contributed by atoms with Crippen LogP contribution in [0, 0.1) is 5.82 Å². The van der Waals surface area contributed by atoms with Gasteiger partial charge in [0.1, 0.15) is 6.61 Å². The van der Waals surface area contributed by atoms with Crippen molar-refractivity contribution in [3.63, 3.8) is 0 Å². The van der Waals surface area contributed by atoms with Crippen molar-refractivity contribution < 1.29 is 27.8 Å². The topological polar surface area (TPSA) is 86.9 Å². The van der Waals surface area contributed by atoms with Gasteiger partial charge in [0.15, 0.2) is 35.3 Å². The van der Waals surface area contributed by atoms with Crippen LogP contribution < -0.4 is 14.2 Å². The lowest BCUT2D eigenvalue weighted by atomic mass is 10.2. The fourth-order valence-electron chi connectivity index (χ4n) is 3.02. The summed E-state index contributed by atoms with van der Waals surface area (Å²) in [7, 11) is 1.70. The van der Waals surface area contributed by atoms with Gasteiger partial charge in [-0.2, -0.15) is 0 Å². The van der Waals surface area contributed by atoms with Gasteiger partial charge in [-0.3, -0.25) is 4.79 Å². The van der Waals surface area contributed by atoms with Gasteiger partial charge in [0, 0.05) is 7.05 Å². The minimum absolute atomic E-state index is 0.0979. The molecule has 1 aliphatic heterocycles. The van der Waals surface area contributed by atoms with E-state index >= 15 is 0 Å². The summed E-state index contributed by atoms with van der Waals surface area (Å²) in [6.45, 7) is 2.43. The SMILES string of the molecule is CC(Oc1ccccc1F)c1nnc(SCC(=O)N(C)CC2COc3ccccc3O2)o1. The predicted molar refractivity (Wildman–Crippen MR) is 114 cm³/mol. The number of thioether (sulfide) groups is 1. The Morgan fingerprint density at radius 2 is 1.97 bits per heavy atom. The maximum Gasteiger partial charge on any atom is 0.277 e. The average molecular weight is 459 g/mol. The van der Waals surface area contributed by atoms with Gasteiger partial charge in [-0.1, -0.05) is 36.0 Å². The molecule has 32 heavy (non-hydrogen) atoms. The quantitative estimate of drug-likeness (QED) is 0.471. The number of fused-ring (bicyclic) bond motifs is 1. The number of nitrogens with zero attached hydrogens (tertiary/aromatic N) is 3. The lowest BCUT2D eigenvalue weighted by Crippen LogP contribution is -2.42. The van der Waals surface area contributed by atoms with E-state index in [2.05, 4.69) is 10.2 Å². The van der Waals surface area contributed by atoms with E-state index in [1.165, 1.54) is 12.1 Å². The first-order valence-electron chi connectivity index (χ1n) is 9.99. The van der Waals surface area contributed by atoms with Gasteiger partial charge in [0.05, 0.1) is 12.3 Å². The van der Waals surface area contributed by atoms with Gasteiger partial charge in [0.2, 0.25) is 5.91 Å². The van der Waals surface area contributed by atoms with E-state index in [4.69, 9.17) is 18.6 Å². The van der Waals surface area contributed by atoms with Crippen molar-refractivity contribution in [1.82, 2.24) is 15.1 Å². The lowest BCUT2D eigenvalue weighted by Gasteiger charge is -2.29. The maximum absolute atomic E-state index is 13.7. The van der Waals surface area contributed by atoms with Crippen LogP contribution in [0.1, 0.15) is 18.9 Å². The van der Waals surface area contributed by atoms with Crippen molar-refractivity contribution >= 4 is 17.7 Å². The first-order chi connectivity index (χ1) is 15.5. The van der Waals surface area contributed by atoms with Gasteiger partial charge in [-0.05, 0) is 31.2 Å². The Kier molecular flexibility index (Phi) is 6.79. The molecule has 2 atom stereocenters. The second kappa shape index (κ2) is 9.90. The predicted octanol–water partition coefficient (Wildman–Crippen LogP) is 3.74. The Morgan fingerprint density at radius 1 is 1.22 bits per heavy atom. The molecule has 0 aliphatic carbocycles. The molecule has 0 saturated heterocycles. The number of ether oxygens (including phenoxy) is 3. The van der Waals surface area contributed by atoms with E-state index in [9.17, 15) is 9.18 Å². The number of amides is 1. The number of aromatic nitrogens is 2. The van der Waals surface area contributed by atoms with Crippen molar-refractivity contribution in [2.24, 2.45) is 0 Å². The Bertz CT molecular complexity index is 1080. The summed E-state index contributed by atoms with van der Waals surface area (Å²) in [5, 5.41) is 8.10. The van der Waals surface area contributed by atoms with Gasteiger partial charge < -0.3 is 23.5 Å². The Labute approximate surface area is 188 Å². The van der Waals surface area contributed by atoms with Gasteiger partial charge in [0.25, 0.3) is 11.1 Å². The zero-order valence-electron chi connectivity index (χ0n) is 17.6. The second-order valence-electron chi connectivity index (χ2n) is 7.16. The molecule has 1 amide bonds. The van der Waals surface area contributed by atoms with E-state index in [0.717, 1.165) is 11.8 Å². The third-order valence-corrected chi connectivity index (χ3v) is 5.50. The molecular formula is C22H22FN3O5S. The molecule has 0 N–H and O–H groups in total. The molecule has 4 rings (SSSR count). The average Bonchev–Trinajstić information content (AvgIpc) is 3.28. The number of benzene rings is 2. The number of hydrogen-bond donors (Lipinski definition) is 0. The van der Waals surface area contributed by atoms with E-state index in [0.29, 0.717) is 24.7 Å². The Balaban J connectivity index is 1.25. The minimum Gasteiger partial charge on any atom is -0.486 e. The molecule has 2 aromatic carbocycles. The Hall–Kier alpha value is -3.27. The Morgan fingerprint density at radius 3 is 2.78 bits per heavy atom. The highest BCUT2D eigenvalue weighted by Gasteiger charge is 2.24. The van der Waals surface area contributed by atoms with E-state index < -0.39 is 11.9 Å². The van der Waals surface area contributed by atoms with Crippen molar-refractivity contribution in [1.29, 1.82) is 0 Å². The molecule has 3 aromatic rings. The number of hydrogen-bond acceptors (Lipinski definition) is 8. The van der Waals surface area contributed by atoms with E-state index in [1.54, 1.807) is 31.0 Å². The summed E-state index contributed by atoms with van der Waals surface area (Å²) < 4.78 is 36.4. The highest BCUT2D eigenvalue weighted by Crippen LogP contribution is 2.31. The van der Waals surface area contributed by atoms with Gasteiger partial charge >= 0.3 is 0 Å². The standard InChI is InChI=1S/C22H22FN3O5S/c1-14(29-17-8-4-3-7-16(17)23)21-24-25-22(31-21)32-13-20(27)26(2)11-15-12-28-18-9-5-6-10-19(18)30-15/h3-10,14-15H,11-13H2,1-2H3. The molecule has 0 radical (unpaired) electrons. The molecule has 0 fully saturated rings. The molecule has 10 heteroatoms. The smallest absolute Gasteiger partial charge is 0.277 e. The molecule has 1 aromatic heterocycles. The summed E-state index contributed by atoms with van der Waals surface area (Å²) >= 11 is 1.12. The van der Waals surface area contributed by atoms with Crippen molar-refractivity contribution in [2.75, 3.05) is 26.0 Å². The fraction of sp³-hybridized carbons (Fsp3) is 0.318. The highest BCUT2D eigenvalue weighted by molar-refractivity contribution is 7.99. The molecular weight excluding hydrogens is 437 g/mol. The number of carbonyl (C=O) groups is 1. The van der Waals surface area contributed by atoms with Crippen LogP contribution in [0.3, 0.4) is 0 Å². The number of carbonyl (C=O) groups excluding carboxylic acids is 1. The summed E-state index contributed by atoms with van der Waals surface area (Å²) in [4.78, 5) is 14.1. The summed E-state index contributed by atoms with van der Waals surface area (Å²) in [6.07, 6.45) is -0.895. The van der Waals surface area contributed by atoms with Gasteiger partial charge in [-0.15, -0.1) is 10.2 Å².